The molecule has 0 spiro atoms. The van der Waals surface area contributed by atoms with Gasteiger partial charge >= 0.3 is 0 Å². The predicted molar refractivity (Wildman–Crippen MR) is 59.4 cm³/mol. The van der Waals surface area contributed by atoms with E-state index in [4.69, 9.17) is 11.6 Å². The third kappa shape index (κ3) is 2.40. The van der Waals surface area contributed by atoms with E-state index in [1.807, 2.05) is 5.38 Å². The molecule has 0 fully saturated rings. The van der Waals surface area contributed by atoms with Crippen molar-refractivity contribution in [3.8, 4) is 0 Å². The molecule has 0 unspecified atom stereocenters. The molecule has 0 N–H and O–H groups in total. The fourth-order valence-electron chi connectivity index (χ4n) is 1.15. The Bertz CT molecular complexity index is 470. The van der Waals surface area contributed by atoms with Crippen LogP contribution in [0.5, 0.6) is 0 Å². The van der Waals surface area contributed by atoms with Gasteiger partial charge < -0.3 is 0 Å². The number of nitrogens with zero attached hydrogens (tertiary/aromatic N) is 2. The van der Waals surface area contributed by atoms with E-state index >= 15 is 0 Å². The van der Waals surface area contributed by atoms with E-state index in [9.17, 15) is 4.79 Å². The maximum Gasteiger partial charge on any atom is 0.189 e. The summed E-state index contributed by atoms with van der Waals surface area (Å²) >= 11 is 7.31. The summed E-state index contributed by atoms with van der Waals surface area (Å²) in [6, 6.07) is 3.35. The zero-order valence-electron chi connectivity index (χ0n) is 7.68. The minimum Gasteiger partial charge on any atom is -0.292 e. The van der Waals surface area contributed by atoms with Gasteiger partial charge in [-0.15, -0.1) is 11.3 Å². The van der Waals surface area contributed by atoms with Gasteiger partial charge in [0.15, 0.2) is 5.78 Å². The van der Waals surface area contributed by atoms with Crippen LogP contribution in [0.1, 0.15) is 15.5 Å². The van der Waals surface area contributed by atoms with Crippen molar-refractivity contribution in [3.05, 3.63) is 45.6 Å². The molecule has 0 aliphatic carbocycles. The van der Waals surface area contributed by atoms with Gasteiger partial charge in [-0.25, -0.2) is 4.98 Å². The second-order valence-corrected chi connectivity index (χ2v) is 4.25. The van der Waals surface area contributed by atoms with Crippen molar-refractivity contribution in [2.24, 2.45) is 0 Å². The predicted octanol–water partition coefficient (Wildman–Crippen LogP) is 2.62. The molecule has 0 saturated heterocycles. The molecular weight excluding hydrogens is 232 g/mol. The average molecular weight is 239 g/mol. The topological polar surface area (TPSA) is 42.9 Å². The van der Waals surface area contributed by atoms with E-state index in [0.29, 0.717) is 10.7 Å². The van der Waals surface area contributed by atoms with Gasteiger partial charge in [0.25, 0.3) is 0 Å². The Hall–Kier alpha value is -1.26. The van der Waals surface area contributed by atoms with Crippen LogP contribution in [0.4, 0.5) is 0 Å². The fourth-order valence-corrected chi connectivity index (χ4v) is 1.99. The van der Waals surface area contributed by atoms with Crippen LogP contribution in [-0.4, -0.2) is 15.8 Å². The Kier molecular flexibility index (Phi) is 3.08. The van der Waals surface area contributed by atoms with E-state index in [-0.39, 0.29) is 12.2 Å². The summed E-state index contributed by atoms with van der Waals surface area (Å²) in [5.41, 5.74) is 0.314. The van der Waals surface area contributed by atoms with Gasteiger partial charge in [-0.1, -0.05) is 11.6 Å². The molecule has 0 aromatic carbocycles. The molecule has 0 amide bonds. The Morgan fingerprint density at radius 3 is 2.93 bits per heavy atom. The van der Waals surface area contributed by atoms with Gasteiger partial charge in [0, 0.05) is 17.8 Å². The second kappa shape index (κ2) is 4.51. The van der Waals surface area contributed by atoms with E-state index in [0.717, 1.165) is 5.01 Å². The summed E-state index contributed by atoms with van der Waals surface area (Å²) in [7, 11) is 0. The maximum absolute atomic E-state index is 11.8. The molecule has 0 aliphatic rings. The number of carbonyl (C=O) groups is 1. The molecule has 2 rings (SSSR count). The van der Waals surface area contributed by atoms with Gasteiger partial charge in [0.1, 0.15) is 10.7 Å². The highest BCUT2D eigenvalue weighted by molar-refractivity contribution is 7.09. The normalized spacial score (nSPS) is 10.2. The molecule has 0 radical (unpaired) electrons. The van der Waals surface area contributed by atoms with Crippen molar-refractivity contribution in [1.82, 2.24) is 9.97 Å². The molecular formula is C10H7ClN2OS. The van der Waals surface area contributed by atoms with Gasteiger partial charge in [0.2, 0.25) is 0 Å². The molecule has 76 valence electrons. The highest BCUT2D eigenvalue weighted by atomic mass is 35.5. The average Bonchev–Trinajstić information content (AvgIpc) is 2.71. The van der Waals surface area contributed by atoms with Crippen LogP contribution in [0.15, 0.2) is 29.9 Å². The molecule has 5 heteroatoms. The lowest BCUT2D eigenvalue weighted by atomic mass is 10.2. The quantitative estimate of drug-likeness (QED) is 0.772. The molecule has 0 bridgehead atoms. The van der Waals surface area contributed by atoms with E-state index < -0.39 is 0 Å². The summed E-state index contributed by atoms with van der Waals surface area (Å²) in [6.45, 7) is 0. The van der Waals surface area contributed by atoms with Crippen LogP contribution in [0, 0.1) is 0 Å². The largest absolute Gasteiger partial charge is 0.292 e. The SMILES string of the molecule is O=C(Cc1nccs1)c1ncccc1Cl. The Morgan fingerprint density at radius 2 is 2.27 bits per heavy atom. The van der Waals surface area contributed by atoms with Crippen molar-refractivity contribution < 1.29 is 4.79 Å². The third-order valence-corrected chi connectivity index (χ3v) is 2.90. The lowest BCUT2D eigenvalue weighted by molar-refractivity contribution is 0.0988. The van der Waals surface area contributed by atoms with Crippen molar-refractivity contribution in [3.63, 3.8) is 0 Å². The number of rotatable bonds is 3. The summed E-state index contributed by atoms with van der Waals surface area (Å²) in [6.07, 6.45) is 3.49. The Balaban J connectivity index is 2.19. The summed E-state index contributed by atoms with van der Waals surface area (Å²) in [5, 5.41) is 3.00. The molecule has 2 heterocycles. The smallest absolute Gasteiger partial charge is 0.189 e. The fraction of sp³-hybridized carbons (Fsp3) is 0.100. The van der Waals surface area contributed by atoms with Crippen LogP contribution < -0.4 is 0 Å². The molecule has 3 nitrogen and oxygen atoms in total. The molecule has 0 atom stereocenters. The highest BCUT2D eigenvalue weighted by Crippen LogP contribution is 2.15. The van der Waals surface area contributed by atoms with Crippen molar-refractivity contribution in [2.75, 3.05) is 0 Å². The van der Waals surface area contributed by atoms with Crippen LogP contribution in [0.3, 0.4) is 0 Å². The van der Waals surface area contributed by atoms with E-state index in [2.05, 4.69) is 9.97 Å². The first-order valence-electron chi connectivity index (χ1n) is 4.29. The van der Waals surface area contributed by atoms with Gasteiger partial charge in [-0.2, -0.15) is 0 Å². The summed E-state index contributed by atoms with van der Waals surface area (Å²) in [5.74, 6) is -0.101. The van der Waals surface area contributed by atoms with Crippen molar-refractivity contribution in [1.29, 1.82) is 0 Å². The standard InChI is InChI=1S/C10H7ClN2OS/c11-7-2-1-3-13-10(7)8(14)6-9-12-4-5-15-9/h1-5H,6H2. The molecule has 0 saturated carbocycles. The lowest BCUT2D eigenvalue weighted by Crippen LogP contribution is -2.06. The zero-order chi connectivity index (χ0) is 10.7. The number of hydrogen-bond acceptors (Lipinski definition) is 4. The highest BCUT2D eigenvalue weighted by Gasteiger charge is 2.13. The monoisotopic (exact) mass is 238 g/mol. The second-order valence-electron chi connectivity index (χ2n) is 2.86. The number of thiazole rings is 1. The number of aromatic nitrogens is 2. The Morgan fingerprint density at radius 1 is 1.40 bits per heavy atom. The van der Waals surface area contributed by atoms with Crippen LogP contribution in [-0.2, 0) is 6.42 Å². The van der Waals surface area contributed by atoms with Gasteiger partial charge in [0.05, 0.1) is 11.4 Å². The summed E-state index contributed by atoms with van der Waals surface area (Å²) < 4.78 is 0. The van der Waals surface area contributed by atoms with Crippen LogP contribution >= 0.6 is 22.9 Å². The number of Topliss-reactive ketones (excluding diaryl/α,β-unsaturated/α-hetero) is 1. The first-order valence-corrected chi connectivity index (χ1v) is 5.55. The van der Waals surface area contributed by atoms with Gasteiger partial charge in [-0.05, 0) is 12.1 Å². The molecule has 2 aromatic heterocycles. The van der Waals surface area contributed by atoms with Crippen molar-refractivity contribution in [2.45, 2.75) is 6.42 Å². The minimum absolute atomic E-state index is 0.101. The van der Waals surface area contributed by atoms with E-state index in [1.165, 1.54) is 11.3 Å². The Labute approximate surface area is 95.8 Å². The number of pyridine rings is 1. The number of hydrogen-bond donors (Lipinski definition) is 0. The number of carbonyl (C=O) groups excluding carboxylic acids is 1. The van der Waals surface area contributed by atoms with E-state index in [1.54, 1.807) is 24.5 Å². The first-order chi connectivity index (χ1) is 7.27. The molecule has 15 heavy (non-hydrogen) atoms. The first kappa shape index (κ1) is 10.3. The van der Waals surface area contributed by atoms with Gasteiger partial charge in [-0.3, -0.25) is 9.78 Å². The van der Waals surface area contributed by atoms with Crippen LogP contribution in [0.25, 0.3) is 0 Å². The maximum atomic E-state index is 11.8. The number of ketones is 1. The zero-order valence-corrected chi connectivity index (χ0v) is 9.26. The third-order valence-electron chi connectivity index (χ3n) is 1.82. The lowest BCUT2D eigenvalue weighted by Gasteiger charge is -1.99. The van der Waals surface area contributed by atoms with Crippen LogP contribution in [0.2, 0.25) is 5.02 Å². The molecule has 2 aromatic rings. The summed E-state index contributed by atoms with van der Waals surface area (Å²) in [4.78, 5) is 19.7. The molecule has 0 aliphatic heterocycles. The van der Waals surface area contributed by atoms with Crippen molar-refractivity contribution >= 4 is 28.7 Å². The minimum atomic E-state index is -0.101. The number of halogens is 1.